The predicted octanol–water partition coefficient (Wildman–Crippen LogP) is 2.20. The Labute approximate surface area is 153 Å². The summed E-state index contributed by atoms with van der Waals surface area (Å²) < 4.78 is 11.1. The molecule has 1 amide bonds. The molecule has 0 aromatic heterocycles. The molecule has 1 saturated heterocycles. The molecule has 0 aliphatic carbocycles. The van der Waals surface area contributed by atoms with Gasteiger partial charge in [0.05, 0.1) is 13.0 Å². The maximum atomic E-state index is 13.0. The highest BCUT2D eigenvalue weighted by molar-refractivity contribution is 5.80. The first kappa shape index (κ1) is 16.9. The van der Waals surface area contributed by atoms with Gasteiger partial charge < -0.3 is 20.1 Å². The smallest absolute Gasteiger partial charge is 0.229 e. The molecule has 0 spiro atoms. The minimum absolute atomic E-state index is 0.0294. The minimum Gasteiger partial charge on any atom is -0.497 e. The molecular weight excluding hydrogens is 328 g/mol. The van der Waals surface area contributed by atoms with Crippen LogP contribution in [0.25, 0.3) is 0 Å². The Morgan fingerprint density at radius 3 is 2.77 bits per heavy atom. The summed E-state index contributed by atoms with van der Waals surface area (Å²) in [5, 5.41) is 0. The number of amides is 1. The number of rotatable bonds is 3. The zero-order valence-electron chi connectivity index (χ0n) is 14.9. The predicted molar refractivity (Wildman–Crippen MR) is 99.4 cm³/mol. The average molecular weight is 352 g/mol. The van der Waals surface area contributed by atoms with Crippen LogP contribution in [0, 0.1) is 5.92 Å². The maximum absolute atomic E-state index is 13.0. The fourth-order valence-electron chi connectivity index (χ4n) is 3.98. The van der Waals surface area contributed by atoms with Gasteiger partial charge in [0.25, 0.3) is 0 Å². The topological polar surface area (TPSA) is 64.8 Å². The highest BCUT2D eigenvalue weighted by atomic mass is 16.5. The number of carbonyl (C=O) groups is 1. The van der Waals surface area contributed by atoms with E-state index < -0.39 is 0 Å². The molecule has 2 aromatic carbocycles. The van der Waals surface area contributed by atoms with Crippen LogP contribution >= 0.6 is 0 Å². The minimum atomic E-state index is -0.170. The molecule has 2 N–H and O–H groups in total. The molecule has 5 nitrogen and oxygen atoms in total. The van der Waals surface area contributed by atoms with Gasteiger partial charge in [-0.2, -0.15) is 0 Å². The van der Waals surface area contributed by atoms with Gasteiger partial charge in [-0.25, -0.2) is 0 Å². The summed E-state index contributed by atoms with van der Waals surface area (Å²) in [6, 6.07) is 15.9. The summed E-state index contributed by atoms with van der Waals surface area (Å²) in [6.07, 6.45) is 0.674. The molecule has 2 aliphatic rings. The normalized spacial score (nSPS) is 24.7. The lowest BCUT2D eigenvalue weighted by Crippen LogP contribution is -2.40. The number of nitrogens with zero attached hydrogens (tertiary/aromatic N) is 1. The Bertz CT molecular complexity index is 793. The van der Waals surface area contributed by atoms with E-state index in [0.717, 1.165) is 17.1 Å². The zero-order valence-corrected chi connectivity index (χ0v) is 14.9. The van der Waals surface area contributed by atoms with Gasteiger partial charge in [-0.3, -0.25) is 4.79 Å². The van der Waals surface area contributed by atoms with Gasteiger partial charge in [-0.1, -0.05) is 30.3 Å². The van der Waals surface area contributed by atoms with Crippen LogP contribution in [-0.2, 0) is 11.2 Å². The van der Waals surface area contributed by atoms with Crippen LogP contribution < -0.4 is 15.2 Å². The second kappa shape index (κ2) is 7.00. The molecule has 26 heavy (non-hydrogen) atoms. The molecule has 3 atom stereocenters. The number of methoxy groups -OCH3 is 1. The first-order valence-corrected chi connectivity index (χ1v) is 9.04. The van der Waals surface area contributed by atoms with Crippen LogP contribution in [0.4, 0.5) is 0 Å². The SMILES string of the molecule is COc1ccc2c(c1)CC(C(=O)N1C[C@@H](N)[C@H](c3ccccc3)C1)CO2. The Kier molecular flexibility index (Phi) is 4.55. The average Bonchev–Trinajstić information content (AvgIpc) is 3.08. The van der Waals surface area contributed by atoms with Crippen molar-refractivity contribution in [2.45, 2.75) is 18.4 Å². The molecule has 0 radical (unpaired) electrons. The number of fused-ring (bicyclic) bond motifs is 1. The van der Waals surface area contributed by atoms with Gasteiger partial charge in [-0.05, 0) is 35.7 Å². The number of likely N-dealkylation sites (tertiary alicyclic amines) is 1. The molecule has 5 heteroatoms. The summed E-state index contributed by atoms with van der Waals surface area (Å²) in [7, 11) is 1.64. The monoisotopic (exact) mass is 352 g/mol. The molecule has 2 heterocycles. The lowest BCUT2D eigenvalue weighted by atomic mass is 9.94. The lowest BCUT2D eigenvalue weighted by molar-refractivity contribution is -0.135. The van der Waals surface area contributed by atoms with Crippen LogP contribution in [0.15, 0.2) is 48.5 Å². The molecule has 1 unspecified atom stereocenters. The standard InChI is InChI=1S/C21H24N2O3/c1-25-17-7-8-20-15(10-17)9-16(13-26-20)21(24)23-11-18(19(22)12-23)14-5-3-2-4-6-14/h2-8,10,16,18-19H,9,11-13,22H2,1H3/t16?,18-,19+/m0/s1. The summed E-state index contributed by atoms with van der Waals surface area (Å²) in [5.74, 6) is 1.78. The van der Waals surface area contributed by atoms with Crippen molar-refractivity contribution in [3.63, 3.8) is 0 Å². The van der Waals surface area contributed by atoms with E-state index in [1.165, 1.54) is 5.56 Å². The third-order valence-corrected chi connectivity index (χ3v) is 5.43. The van der Waals surface area contributed by atoms with Crippen molar-refractivity contribution < 1.29 is 14.3 Å². The number of benzene rings is 2. The van der Waals surface area contributed by atoms with Crippen molar-refractivity contribution >= 4 is 5.91 Å². The Morgan fingerprint density at radius 1 is 1.19 bits per heavy atom. The van der Waals surface area contributed by atoms with E-state index in [4.69, 9.17) is 15.2 Å². The van der Waals surface area contributed by atoms with Crippen LogP contribution in [0.3, 0.4) is 0 Å². The van der Waals surface area contributed by atoms with Crippen molar-refractivity contribution in [3.8, 4) is 11.5 Å². The molecule has 2 aliphatic heterocycles. The fraction of sp³-hybridized carbons (Fsp3) is 0.381. The van der Waals surface area contributed by atoms with Crippen LogP contribution in [0.2, 0.25) is 0 Å². The third kappa shape index (κ3) is 3.15. The van der Waals surface area contributed by atoms with Gasteiger partial charge in [0.2, 0.25) is 5.91 Å². The van der Waals surface area contributed by atoms with Gasteiger partial charge in [0, 0.05) is 25.0 Å². The van der Waals surface area contributed by atoms with Crippen molar-refractivity contribution in [2.24, 2.45) is 11.7 Å². The number of hydrogen-bond donors (Lipinski definition) is 1. The van der Waals surface area contributed by atoms with Crippen LogP contribution in [0.1, 0.15) is 17.0 Å². The van der Waals surface area contributed by atoms with E-state index in [9.17, 15) is 4.79 Å². The van der Waals surface area contributed by atoms with Crippen molar-refractivity contribution in [1.82, 2.24) is 4.90 Å². The Hall–Kier alpha value is -2.53. The highest BCUT2D eigenvalue weighted by Gasteiger charge is 2.37. The molecule has 0 saturated carbocycles. The van der Waals surface area contributed by atoms with Crippen LogP contribution in [0.5, 0.6) is 11.5 Å². The van der Waals surface area contributed by atoms with Gasteiger partial charge in [-0.15, -0.1) is 0 Å². The van der Waals surface area contributed by atoms with Gasteiger partial charge in [0.15, 0.2) is 0 Å². The van der Waals surface area contributed by atoms with E-state index in [1.807, 2.05) is 41.3 Å². The highest BCUT2D eigenvalue weighted by Crippen LogP contribution is 2.33. The molecule has 2 aromatic rings. The summed E-state index contributed by atoms with van der Waals surface area (Å²) >= 11 is 0. The van der Waals surface area contributed by atoms with Gasteiger partial charge in [0.1, 0.15) is 18.1 Å². The molecule has 4 rings (SSSR count). The first-order chi connectivity index (χ1) is 12.7. The summed E-state index contributed by atoms with van der Waals surface area (Å²) in [5.41, 5.74) is 8.57. The molecular formula is C21H24N2O3. The van der Waals surface area contributed by atoms with Crippen molar-refractivity contribution in [1.29, 1.82) is 0 Å². The fourth-order valence-corrected chi connectivity index (χ4v) is 3.98. The van der Waals surface area contributed by atoms with E-state index in [0.29, 0.717) is 26.1 Å². The quantitative estimate of drug-likeness (QED) is 0.920. The molecule has 0 bridgehead atoms. The largest absolute Gasteiger partial charge is 0.497 e. The second-order valence-electron chi connectivity index (χ2n) is 7.11. The maximum Gasteiger partial charge on any atom is 0.229 e. The first-order valence-electron chi connectivity index (χ1n) is 9.04. The zero-order chi connectivity index (χ0) is 18.1. The number of hydrogen-bond acceptors (Lipinski definition) is 4. The number of carbonyl (C=O) groups excluding carboxylic acids is 1. The number of nitrogens with two attached hydrogens (primary N) is 1. The van der Waals surface area contributed by atoms with E-state index in [1.54, 1.807) is 7.11 Å². The van der Waals surface area contributed by atoms with Crippen molar-refractivity contribution in [2.75, 3.05) is 26.8 Å². The van der Waals surface area contributed by atoms with E-state index >= 15 is 0 Å². The third-order valence-electron chi connectivity index (χ3n) is 5.43. The van der Waals surface area contributed by atoms with Gasteiger partial charge >= 0.3 is 0 Å². The summed E-state index contributed by atoms with van der Waals surface area (Å²) in [6.45, 7) is 1.69. The molecule has 136 valence electrons. The van der Waals surface area contributed by atoms with Crippen molar-refractivity contribution in [3.05, 3.63) is 59.7 Å². The summed E-state index contributed by atoms with van der Waals surface area (Å²) in [4.78, 5) is 15.0. The lowest BCUT2D eigenvalue weighted by Gasteiger charge is -2.28. The van der Waals surface area contributed by atoms with E-state index in [2.05, 4.69) is 12.1 Å². The van der Waals surface area contributed by atoms with E-state index in [-0.39, 0.29) is 23.8 Å². The molecule has 1 fully saturated rings. The van der Waals surface area contributed by atoms with Crippen LogP contribution in [-0.4, -0.2) is 43.7 Å². The Balaban J connectivity index is 1.47. The second-order valence-corrected chi connectivity index (χ2v) is 7.11. The number of ether oxygens (including phenoxy) is 2. The Morgan fingerprint density at radius 2 is 2.00 bits per heavy atom.